The van der Waals surface area contributed by atoms with E-state index in [2.05, 4.69) is 35.6 Å². The molecule has 0 bridgehead atoms. The molecule has 0 spiro atoms. The molecule has 5 heteroatoms. The van der Waals surface area contributed by atoms with Gasteiger partial charge in [-0.15, -0.1) is 12.4 Å². The number of aliphatic hydroxyl groups is 1. The van der Waals surface area contributed by atoms with Crippen molar-refractivity contribution < 1.29 is 5.11 Å². The van der Waals surface area contributed by atoms with Crippen LogP contribution in [0.3, 0.4) is 0 Å². The summed E-state index contributed by atoms with van der Waals surface area (Å²) in [6.45, 7) is 0.140. The highest BCUT2D eigenvalue weighted by molar-refractivity contribution is 6.42. The number of hydrogen-bond acceptors (Lipinski definition) is 2. The van der Waals surface area contributed by atoms with Crippen LogP contribution < -0.4 is 5.32 Å². The molecular weight excluding hydrogens is 425 g/mol. The summed E-state index contributed by atoms with van der Waals surface area (Å²) in [5, 5.41) is 13.2. The molecule has 29 heavy (non-hydrogen) atoms. The minimum Gasteiger partial charge on any atom is -0.392 e. The van der Waals surface area contributed by atoms with Gasteiger partial charge in [0.05, 0.1) is 16.7 Å². The molecule has 0 amide bonds. The first-order valence-corrected chi connectivity index (χ1v) is 10.3. The van der Waals surface area contributed by atoms with Gasteiger partial charge >= 0.3 is 0 Å². The molecule has 2 nitrogen and oxygen atoms in total. The van der Waals surface area contributed by atoms with E-state index in [1.54, 1.807) is 0 Å². The molecule has 2 N–H and O–H groups in total. The molecule has 154 valence electrons. The van der Waals surface area contributed by atoms with Crippen molar-refractivity contribution in [1.29, 1.82) is 0 Å². The largest absolute Gasteiger partial charge is 0.392 e. The quantitative estimate of drug-likeness (QED) is 0.461. The number of halogens is 3. The zero-order valence-electron chi connectivity index (χ0n) is 16.3. The topological polar surface area (TPSA) is 32.3 Å². The fourth-order valence-corrected chi connectivity index (χ4v) is 4.06. The molecule has 0 unspecified atom stereocenters. The van der Waals surface area contributed by atoms with E-state index in [1.807, 2.05) is 49.5 Å². The van der Waals surface area contributed by atoms with Crippen LogP contribution in [0.15, 0.2) is 72.8 Å². The predicted octanol–water partition coefficient (Wildman–Crippen LogP) is 6.78. The smallest absolute Gasteiger partial charge is 0.0681 e. The van der Waals surface area contributed by atoms with Crippen LogP contribution in [0.4, 0.5) is 0 Å². The zero-order valence-corrected chi connectivity index (χ0v) is 18.6. The van der Waals surface area contributed by atoms with Gasteiger partial charge in [0.1, 0.15) is 0 Å². The van der Waals surface area contributed by atoms with Crippen LogP contribution in [0.1, 0.15) is 47.1 Å². The Hall–Kier alpha value is -1.55. The van der Waals surface area contributed by atoms with Gasteiger partial charge in [0, 0.05) is 12.0 Å². The van der Waals surface area contributed by atoms with Crippen molar-refractivity contribution in [2.75, 3.05) is 7.05 Å². The molecule has 0 heterocycles. The van der Waals surface area contributed by atoms with Gasteiger partial charge < -0.3 is 10.4 Å². The maximum atomic E-state index is 8.54. The summed E-state index contributed by atoms with van der Waals surface area (Å²) in [6.07, 6.45) is 2.26. The summed E-state index contributed by atoms with van der Waals surface area (Å²) in [7, 11) is 2.03. The van der Waals surface area contributed by atoms with Gasteiger partial charge in [-0.2, -0.15) is 0 Å². The van der Waals surface area contributed by atoms with Crippen LogP contribution >= 0.6 is 35.6 Å². The Kier molecular flexibility index (Phi) is 9.48. The van der Waals surface area contributed by atoms with Crippen LogP contribution in [0.5, 0.6) is 0 Å². The summed E-state index contributed by atoms with van der Waals surface area (Å²) in [5.74, 6) is 0.408. The highest BCUT2D eigenvalue weighted by atomic mass is 35.5. The van der Waals surface area contributed by atoms with E-state index >= 15 is 0 Å². The van der Waals surface area contributed by atoms with Crippen molar-refractivity contribution in [3.8, 4) is 0 Å². The van der Waals surface area contributed by atoms with E-state index in [1.165, 1.54) is 16.7 Å². The van der Waals surface area contributed by atoms with Crippen molar-refractivity contribution in [1.82, 2.24) is 5.32 Å². The average Bonchev–Trinajstić information content (AvgIpc) is 2.76. The Bertz CT molecular complexity index is 902. The van der Waals surface area contributed by atoms with Crippen molar-refractivity contribution in [3.63, 3.8) is 0 Å². The maximum absolute atomic E-state index is 8.54. The number of rotatable bonds is 3. The zero-order chi connectivity index (χ0) is 19.9. The Balaban J connectivity index is 0.000000283. The normalized spacial score (nSPS) is 17.4. The van der Waals surface area contributed by atoms with Gasteiger partial charge in [0.2, 0.25) is 0 Å². The summed E-state index contributed by atoms with van der Waals surface area (Å²) < 4.78 is 0. The lowest BCUT2D eigenvalue weighted by Gasteiger charge is -2.32. The van der Waals surface area contributed by atoms with Crippen LogP contribution in [-0.4, -0.2) is 12.2 Å². The maximum Gasteiger partial charge on any atom is 0.0681 e. The van der Waals surface area contributed by atoms with Crippen molar-refractivity contribution in [2.24, 2.45) is 0 Å². The second-order valence-electron chi connectivity index (χ2n) is 6.92. The lowest BCUT2D eigenvalue weighted by atomic mass is 9.77. The minimum atomic E-state index is 0. The summed E-state index contributed by atoms with van der Waals surface area (Å²) >= 11 is 12.2. The summed E-state index contributed by atoms with van der Waals surface area (Å²) in [6, 6.07) is 24.6. The third-order valence-corrected chi connectivity index (χ3v) is 5.95. The molecule has 3 aromatic carbocycles. The van der Waals surface area contributed by atoms with Crippen LogP contribution in [0.2, 0.25) is 10.0 Å². The number of aliphatic hydroxyl groups excluding tert-OH is 1. The molecular formula is C24H26Cl3NO. The molecule has 0 radical (unpaired) electrons. The third-order valence-electron chi connectivity index (χ3n) is 5.21. The Labute approximate surface area is 189 Å². The van der Waals surface area contributed by atoms with Gasteiger partial charge in [-0.1, -0.05) is 83.9 Å². The molecule has 3 aromatic rings. The van der Waals surface area contributed by atoms with Crippen LogP contribution in [0.25, 0.3) is 0 Å². The van der Waals surface area contributed by atoms with Crippen molar-refractivity contribution >= 4 is 35.6 Å². The fraction of sp³-hybridized carbons (Fsp3) is 0.250. The van der Waals surface area contributed by atoms with Gasteiger partial charge in [0.15, 0.2) is 0 Å². The molecule has 1 aliphatic carbocycles. The molecule has 2 atom stereocenters. The van der Waals surface area contributed by atoms with Crippen LogP contribution in [-0.2, 0) is 6.61 Å². The molecule has 0 saturated heterocycles. The van der Waals surface area contributed by atoms with Gasteiger partial charge in [-0.3, -0.25) is 0 Å². The van der Waals surface area contributed by atoms with Crippen molar-refractivity contribution in [3.05, 3.63) is 105 Å². The molecule has 1 aliphatic rings. The molecule has 4 rings (SSSR count). The van der Waals surface area contributed by atoms with E-state index in [4.69, 9.17) is 28.3 Å². The number of hydrogen-bond donors (Lipinski definition) is 2. The van der Waals surface area contributed by atoms with E-state index in [0.29, 0.717) is 22.0 Å². The van der Waals surface area contributed by atoms with Gasteiger partial charge in [-0.25, -0.2) is 0 Å². The van der Waals surface area contributed by atoms with E-state index in [9.17, 15) is 0 Å². The van der Waals surface area contributed by atoms with E-state index < -0.39 is 0 Å². The molecule has 0 aromatic heterocycles. The van der Waals surface area contributed by atoms with Gasteiger partial charge in [-0.05, 0) is 54.3 Å². The standard InChI is InChI=1S/C17H17Cl2N.C7H8O.ClH/c1-20-17-9-7-12(13-4-2-3-5-14(13)17)11-6-8-15(18)16(19)10-11;8-6-7-4-2-1-3-5-7;/h2-6,8,10,12,17,20H,7,9H2,1H3;1-5,8H,6H2;1H/t12-,17-;;/m0../s1. The highest BCUT2D eigenvalue weighted by Crippen LogP contribution is 2.42. The van der Waals surface area contributed by atoms with E-state index in [0.717, 1.165) is 18.4 Å². The molecule has 0 fully saturated rings. The number of benzene rings is 3. The van der Waals surface area contributed by atoms with Crippen molar-refractivity contribution in [2.45, 2.75) is 31.4 Å². The fourth-order valence-electron chi connectivity index (χ4n) is 3.75. The summed E-state index contributed by atoms with van der Waals surface area (Å²) in [4.78, 5) is 0. The first-order valence-electron chi connectivity index (χ1n) is 9.50. The first kappa shape index (κ1) is 23.7. The van der Waals surface area contributed by atoms with Gasteiger partial charge in [0.25, 0.3) is 0 Å². The summed E-state index contributed by atoms with van der Waals surface area (Å²) in [5.41, 5.74) is 5.02. The average molecular weight is 451 g/mol. The SMILES string of the molecule is CN[C@H]1CC[C@@H](c2ccc(Cl)c(Cl)c2)c2ccccc21.Cl.OCc1ccccc1. The lowest BCUT2D eigenvalue weighted by Crippen LogP contribution is -2.24. The highest BCUT2D eigenvalue weighted by Gasteiger charge is 2.27. The Morgan fingerprint density at radius 1 is 0.862 bits per heavy atom. The monoisotopic (exact) mass is 449 g/mol. The Morgan fingerprint density at radius 3 is 2.10 bits per heavy atom. The lowest BCUT2D eigenvalue weighted by molar-refractivity contribution is 0.282. The molecule has 0 aliphatic heterocycles. The van der Waals surface area contributed by atoms with Crippen LogP contribution in [0, 0.1) is 0 Å². The first-order chi connectivity index (χ1) is 13.6. The second-order valence-corrected chi connectivity index (χ2v) is 7.73. The minimum absolute atomic E-state index is 0. The third kappa shape index (κ3) is 5.97. The second kappa shape index (κ2) is 11.6. The Morgan fingerprint density at radius 2 is 1.52 bits per heavy atom. The van der Waals surface area contributed by atoms with E-state index in [-0.39, 0.29) is 19.0 Å². The predicted molar refractivity (Wildman–Crippen MR) is 125 cm³/mol. The number of nitrogens with one attached hydrogen (secondary N) is 1. The number of fused-ring (bicyclic) bond motifs is 1. The molecule has 0 saturated carbocycles.